The number of amides is 3. The first-order valence-corrected chi connectivity index (χ1v) is 14.3. The molecule has 10 nitrogen and oxygen atoms in total. The van der Waals surface area contributed by atoms with Crippen molar-refractivity contribution in [1.29, 1.82) is 0 Å². The van der Waals surface area contributed by atoms with Crippen LogP contribution in [0.4, 0.5) is 0 Å². The summed E-state index contributed by atoms with van der Waals surface area (Å²) in [5.74, 6) is 0.668. The van der Waals surface area contributed by atoms with Gasteiger partial charge in [-0.3, -0.25) is 14.4 Å². The molecular weight excluding hydrogens is 530 g/mol. The summed E-state index contributed by atoms with van der Waals surface area (Å²) in [6.07, 6.45) is 3.02. The van der Waals surface area contributed by atoms with E-state index in [0.717, 1.165) is 23.4 Å². The van der Waals surface area contributed by atoms with Gasteiger partial charge in [0.2, 0.25) is 0 Å². The van der Waals surface area contributed by atoms with Crippen molar-refractivity contribution in [3.05, 3.63) is 81.9 Å². The predicted octanol–water partition coefficient (Wildman–Crippen LogP) is 4.32. The number of rotatable bonds is 5. The second-order valence-corrected chi connectivity index (χ2v) is 10.9. The van der Waals surface area contributed by atoms with Gasteiger partial charge in [0.25, 0.3) is 17.7 Å². The average Bonchev–Trinajstić information content (AvgIpc) is 3.78. The number of likely N-dealkylation sites (tertiary alicyclic amines) is 1. The number of thiazole rings is 1. The highest BCUT2D eigenvalue weighted by Crippen LogP contribution is 2.33. The molecule has 2 aliphatic heterocycles. The number of aromatic nitrogens is 2. The zero-order valence-electron chi connectivity index (χ0n) is 22.1. The number of piperazine rings is 1. The van der Waals surface area contributed by atoms with E-state index in [-0.39, 0.29) is 23.6 Å². The van der Waals surface area contributed by atoms with Crippen LogP contribution >= 0.6 is 11.3 Å². The maximum atomic E-state index is 13.5. The Hall–Kier alpha value is -4.25. The van der Waals surface area contributed by atoms with Gasteiger partial charge in [0, 0.05) is 56.1 Å². The van der Waals surface area contributed by atoms with E-state index in [0.29, 0.717) is 67.7 Å². The van der Waals surface area contributed by atoms with Crippen molar-refractivity contribution in [1.82, 2.24) is 24.8 Å². The van der Waals surface area contributed by atoms with Crippen LogP contribution < -0.4 is 0 Å². The number of piperidine rings is 1. The van der Waals surface area contributed by atoms with Crippen LogP contribution in [0.5, 0.6) is 0 Å². The Kier molecular flexibility index (Phi) is 7.21. The van der Waals surface area contributed by atoms with Gasteiger partial charge in [-0.15, -0.1) is 11.3 Å². The smallest absolute Gasteiger partial charge is 0.289 e. The van der Waals surface area contributed by atoms with Crippen LogP contribution in [0.2, 0.25) is 0 Å². The van der Waals surface area contributed by atoms with E-state index in [1.807, 2.05) is 40.6 Å². The Morgan fingerprint density at radius 3 is 2.20 bits per heavy atom. The normalized spacial score (nSPS) is 16.4. The Morgan fingerprint density at radius 2 is 1.52 bits per heavy atom. The molecule has 206 valence electrons. The lowest BCUT2D eigenvalue weighted by molar-refractivity contribution is 0.0515. The fraction of sp³-hybridized carbons (Fsp3) is 0.345. The number of benzene rings is 1. The quantitative estimate of drug-likeness (QED) is 0.358. The SMILES string of the molecule is Cc1onc(-c2ccccc2)c1C(=O)N1CCC(c2nc(C(=O)N3CCN(C(=O)c4ccco4)CC3)cs2)CC1. The van der Waals surface area contributed by atoms with Crippen LogP contribution in [0.25, 0.3) is 11.3 Å². The van der Waals surface area contributed by atoms with Gasteiger partial charge in [-0.25, -0.2) is 4.98 Å². The molecule has 3 aromatic heterocycles. The van der Waals surface area contributed by atoms with Crippen molar-refractivity contribution in [2.75, 3.05) is 39.3 Å². The van der Waals surface area contributed by atoms with Crippen molar-refractivity contribution < 1.29 is 23.3 Å². The summed E-state index contributed by atoms with van der Waals surface area (Å²) in [5.41, 5.74) is 2.37. The molecule has 4 aromatic rings. The summed E-state index contributed by atoms with van der Waals surface area (Å²) in [6.45, 7) is 4.76. The largest absolute Gasteiger partial charge is 0.459 e. The van der Waals surface area contributed by atoms with Gasteiger partial charge in [-0.05, 0) is 31.9 Å². The van der Waals surface area contributed by atoms with E-state index in [4.69, 9.17) is 13.9 Å². The molecule has 0 unspecified atom stereocenters. The van der Waals surface area contributed by atoms with E-state index in [2.05, 4.69) is 5.16 Å². The molecule has 0 aliphatic carbocycles. The van der Waals surface area contributed by atoms with Crippen molar-refractivity contribution in [2.24, 2.45) is 0 Å². The van der Waals surface area contributed by atoms with Crippen LogP contribution in [0.15, 0.2) is 63.0 Å². The minimum Gasteiger partial charge on any atom is -0.459 e. The van der Waals surface area contributed by atoms with Gasteiger partial charge >= 0.3 is 0 Å². The first-order valence-electron chi connectivity index (χ1n) is 13.4. The van der Waals surface area contributed by atoms with E-state index >= 15 is 0 Å². The second kappa shape index (κ2) is 11.1. The van der Waals surface area contributed by atoms with Crippen molar-refractivity contribution in [3.8, 4) is 11.3 Å². The summed E-state index contributed by atoms with van der Waals surface area (Å²) in [7, 11) is 0. The zero-order chi connectivity index (χ0) is 27.6. The lowest BCUT2D eigenvalue weighted by Crippen LogP contribution is -2.50. The third kappa shape index (κ3) is 5.04. The summed E-state index contributed by atoms with van der Waals surface area (Å²) in [5, 5.41) is 6.90. The number of hydrogen-bond donors (Lipinski definition) is 0. The van der Waals surface area contributed by atoms with E-state index in [1.54, 1.807) is 28.9 Å². The maximum absolute atomic E-state index is 13.5. The molecule has 0 bridgehead atoms. The Balaban J connectivity index is 1.05. The summed E-state index contributed by atoms with van der Waals surface area (Å²) < 4.78 is 10.6. The minimum atomic E-state index is -0.159. The summed E-state index contributed by atoms with van der Waals surface area (Å²) >= 11 is 1.50. The number of nitrogens with zero attached hydrogens (tertiary/aromatic N) is 5. The standard InChI is InChI=1S/C29H29N5O5S/c1-19-24(25(31-39-19)20-6-3-2-4-7-20)29(37)32-11-9-21(10-12-32)26-30-22(18-40-26)27(35)33-13-15-34(16-14-33)28(36)23-8-5-17-38-23/h2-8,17-18,21H,9-16H2,1H3. The van der Waals surface area contributed by atoms with Gasteiger partial charge in [0.05, 0.1) is 11.3 Å². The molecule has 3 amide bonds. The van der Waals surface area contributed by atoms with Crippen LogP contribution in [0, 0.1) is 6.92 Å². The fourth-order valence-corrected chi connectivity index (χ4v) is 6.27. The number of carbonyl (C=O) groups is 3. The molecule has 0 spiro atoms. The summed E-state index contributed by atoms with van der Waals surface area (Å²) in [6, 6.07) is 12.9. The molecule has 0 saturated carbocycles. The Bertz CT molecular complexity index is 1500. The van der Waals surface area contributed by atoms with Crippen molar-refractivity contribution in [3.63, 3.8) is 0 Å². The zero-order valence-corrected chi connectivity index (χ0v) is 22.9. The van der Waals surface area contributed by atoms with Gasteiger partial charge in [-0.2, -0.15) is 0 Å². The topological polar surface area (TPSA) is 113 Å². The van der Waals surface area contributed by atoms with Crippen LogP contribution in [0.3, 0.4) is 0 Å². The van der Waals surface area contributed by atoms with Gasteiger partial charge in [-0.1, -0.05) is 35.5 Å². The molecule has 5 heterocycles. The Labute approximate surface area is 235 Å². The van der Waals surface area contributed by atoms with Gasteiger partial charge < -0.3 is 23.6 Å². The molecule has 2 saturated heterocycles. The molecule has 2 fully saturated rings. The first kappa shape index (κ1) is 26.0. The van der Waals surface area contributed by atoms with Gasteiger partial charge in [0.15, 0.2) is 5.76 Å². The monoisotopic (exact) mass is 559 g/mol. The predicted molar refractivity (Wildman–Crippen MR) is 147 cm³/mol. The lowest BCUT2D eigenvalue weighted by Gasteiger charge is -2.34. The molecular formula is C29H29N5O5S. The van der Waals surface area contributed by atoms with Crippen LogP contribution in [0.1, 0.15) is 60.9 Å². The highest BCUT2D eigenvalue weighted by atomic mass is 32.1. The number of aryl methyl sites for hydroxylation is 1. The molecule has 1 aromatic carbocycles. The average molecular weight is 560 g/mol. The Morgan fingerprint density at radius 1 is 0.850 bits per heavy atom. The lowest BCUT2D eigenvalue weighted by atomic mass is 9.96. The minimum absolute atomic E-state index is 0.0734. The fourth-order valence-electron chi connectivity index (χ4n) is 5.31. The van der Waals surface area contributed by atoms with E-state index in [9.17, 15) is 14.4 Å². The number of carbonyl (C=O) groups excluding carboxylic acids is 3. The highest BCUT2D eigenvalue weighted by Gasteiger charge is 2.32. The molecule has 0 atom stereocenters. The molecule has 40 heavy (non-hydrogen) atoms. The third-order valence-electron chi connectivity index (χ3n) is 7.58. The van der Waals surface area contributed by atoms with Crippen LogP contribution in [-0.4, -0.2) is 81.8 Å². The molecule has 6 rings (SSSR count). The summed E-state index contributed by atoms with van der Waals surface area (Å²) in [4.78, 5) is 49.1. The molecule has 2 aliphatic rings. The second-order valence-electron chi connectivity index (χ2n) is 10.0. The maximum Gasteiger partial charge on any atom is 0.289 e. The first-order chi connectivity index (χ1) is 19.5. The van der Waals surface area contributed by atoms with Crippen molar-refractivity contribution >= 4 is 29.1 Å². The highest BCUT2D eigenvalue weighted by molar-refractivity contribution is 7.09. The van der Waals surface area contributed by atoms with Crippen molar-refractivity contribution in [2.45, 2.75) is 25.7 Å². The van der Waals surface area contributed by atoms with E-state index in [1.165, 1.54) is 17.6 Å². The van der Waals surface area contributed by atoms with E-state index < -0.39 is 0 Å². The van der Waals surface area contributed by atoms with Crippen LogP contribution in [-0.2, 0) is 0 Å². The van der Waals surface area contributed by atoms with Gasteiger partial charge in [0.1, 0.15) is 22.7 Å². The molecule has 0 N–H and O–H groups in total. The molecule has 0 radical (unpaired) electrons. The molecule has 11 heteroatoms. The third-order valence-corrected chi connectivity index (χ3v) is 8.59. The number of furan rings is 1. The number of hydrogen-bond acceptors (Lipinski definition) is 8.